The maximum Gasteiger partial charge on any atom is 0.271 e. The normalized spacial score (nSPS) is 10.8. The Labute approximate surface area is 174 Å². The lowest BCUT2D eigenvalue weighted by atomic mass is 10.1. The molecule has 0 spiro atoms. The second-order valence-electron chi connectivity index (χ2n) is 6.36. The maximum atomic E-state index is 13.1. The van der Waals surface area contributed by atoms with E-state index in [4.69, 9.17) is 11.6 Å². The number of non-ortho nitro benzene ring substituents is 1. The number of nitrogens with one attached hydrogen (secondary N) is 1. The first-order valence-corrected chi connectivity index (χ1v) is 9.84. The molecule has 0 fully saturated rings. The summed E-state index contributed by atoms with van der Waals surface area (Å²) in [7, 11) is 0. The van der Waals surface area contributed by atoms with Crippen molar-refractivity contribution in [2.75, 3.05) is 5.32 Å². The molecule has 0 saturated heterocycles. The summed E-state index contributed by atoms with van der Waals surface area (Å²) in [6.45, 7) is 2.01. The van der Waals surface area contributed by atoms with E-state index in [1.807, 2.05) is 43.3 Å². The summed E-state index contributed by atoms with van der Waals surface area (Å²) in [5, 5.41) is 14.6. The molecule has 0 unspecified atom stereocenters. The van der Waals surface area contributed by atoms with Gasteiger partial charge in [-0.1, -0.05) is 29.8 Å². The highest BCUT2D eigenvalue weighted by molar-refractivity contribution is 7.15. The molecule has 2 heterocycles. The van der Waals surface area contributed by atoms with Gasteiger partial charge >= 0.3 is 0 Å². The first-order chi connectivity index (χ1) is 13.9. The molecule has 0 atom stereocenters. The number of para-hydroxylation sites is 1. The van der Waals surface area contributed by atoms with Crippen LogP contribution in [0.3, 0.4) is 0 Å². The number of anilines is 1. The molecule has 144 valence electrons. The zero-order valence-corrected chi connectivity index (χ0v) is 16.8. The van der Waals surface area contributed by atoms with Gasteiger partial charge in [-0.05, 0) is 37.3 Å². The van der Waals surface area contributed by atoms with Crippen molar-refractivity contribution in [2.24, 2.45) is 0 Å². The number of thiophene rings is 1. The molecule has 0 saturated carbocycles. The van der Waals surface area contributed by atoms with Crippen LogP contribution in [0.1, 0.15) is 15.2 Å². The van der Waals surface area contributed by atoms with Crippen LogP contribution in [0.4, 0.5) is 11.4 Å². The summed E-state index contributed by atoms with van der Waals surface area (Å²) in [6.07, 6.45) is 0. The minimum absolute atomic E-state index is 0.154. The Morgan fingerprint density at radius 2 is 1.93 bits per heavy atom. The van der Waals surface area contributed by atoms with E-state index in [0.29, 0.717) is 22.2 Å². The molecule has 6 nitrogen and oxygen atoms in total. The maximum absolute atomic E-state index is 13.1. The van der Waals surface area contributed by atoms with E-state index in [1.165, 1.54) is 18.2 Å². The minimum atomic E-state index is -0.537. The van der Waals surface area contributed by atoms with Gasteiger partial charge in [0.1, 0.15) is 0 Å². The molecule has 29 heavy (non-hydrogen) atoms. The van der Waals surface area contributed by atoms with Gasteiger partial charge in [0, 0.05) is 22.4 Å². The van der Waals surface area contributed by atoms with Gasteiger partial charge in [0.05, 0.1) is 37.3 Å². The van der Waals surface area contributed by atoms with E-state index in [1.54, 1.807) is 17.4 Å². The lowest BCUT2D eigenvalue weighted by molar-refractivity contribution is -0.384. The number of carbonyl (C=O) groups is 1. The predicted molar refractivity (Wildman–Crippen MR) is 116 cm³/mol. The van der Waals surface area contributed by atoms with Gasteiger partial charge in [-0.15, -0.1) is 11.3 Å². The van der Waals surface area contributed by atoms with Crippen LogP contribution in [-0.2, 0) is 0 Å². The fourth-order valence-corrected chi connectivity index (χ4v) is 3.97. The average Bonchev–Trinajstić information content (AvgIpc) is 3.15. The van der Waals surface area contributed by atoms with E-state index in [2.05, 4.69) is 10.3 Å². The third kappa shape index (κ3) is 3.83. The zero-order chi connectivity index (χ0) is 20.5. The molecular formula is C21H14ClN3O3S. The number of aromatic nitrogens is 1. The Kier molecular flexibility index (Phi) is 5.00. The number of rotatable bonds is 4. The van der Waals surface area contributed by atoms with Crippen LogP contribution in [0.25, 0.3) is 21.5 Å². The van der Waals surface area contributed by atoms with E-state index in [-0.39, 0.29) is 16.4 Å². The van der Waals surface area contributed by atoms with Crippen LogP contribution in [0.2, 0.25) is 5.02 Å². The number of aryl methyl sites for hydroxylation is 1. The molecule has 0 bridgehead atoms. The van der Waals surface area contributed by atoms with Crippen molar-refractivity contribution in [3.05, 3.63) is 86.2 Å². The molecule has 2 aromatic carbocycles. The lowest BCUT2D eigenvalue weighted by Gasteiger charge is -2.11. The number of benzene rings is 2. The standard InChI is InChI=1S/C21H14ClN3O3S/c1-12-6-9-20(29-12)19-11-15(14-4-2-3-5-17(14)23-19)21(26)24-18-10-13(25(27)28)7-8-16(18)22/h2-11H,1H3,(H,24,26). The first kappa shape index (κ1) is 19.0. The van der Waals surface area contributed by atoms with Gasteiger partial charge in [0.25, 0.3) is 11.6 Å². The number of pyridine rings is 1. The zero-order valence-electron chi connectivity index (χ0n) is 15.2. The number of nitro groups is 1. The Morgan fingerprint density at radius 3 is 2.66 bits per heavy atom. The van der Waals surface area contributed by atoms with Gasteiger partial charge in [-0.25, -0.2) is 4.98 Å². The van der Waals surface area contributed by atoms with Gasteiger partial charge < -0.3 is 5.32 Å². The van der Waals surface area contributed by atoms with Gasteiger partial charge in [-0.2, -0.15) is 0 Å². The third-order valence-electron chi connectivity index (χ3n) is 4.36. The summed E-state index contributed by atoms with van der Waals surface area (Å²) in [6, 6.07) is 17.0. The molecule has 0 aliphatic rings. The smallest absolute Gasteiger partial charge is 0.271 e. The molecule has 1 amide bonds. The largest absolute Gasteiger partial charge is 0.320 e. The Bertz CT molecular complexity index is 1270. The van der Waals surface area contributed by atoms with E-state index < -0.39 is 10.8 Å². The highest BCUT2D eigenvalue weighted by Crippen LogP contribution is 2.31. The van der Waals surface area contributed by atoms with Crippen LogP contribution in [0.5, 0.6) is 0 Å². The second-order valence-corrected chi connectivity index (χ2v) is 8.05. The molecule has 2 aromatic heterocycles. The molecule has 4 aromatic rings. The monoisotopic (exact) mass is 423 g/mol. The third-order valence-corrected chi connectivity index (χ3v) is 5.72. The van der Waals surface area contributed by atoms with Crippen molar-refractivity contribution in [3.63, 3.8) is 0 Å². The van der Waals surface area contributed by atoms with Crippen molar-refractivity contribution >= 4 is 51.1 Å². The van der Waals surface area contributed by atoms with Crippen molar-refractivity contribution in [2.45, 2.75) is 6.92 Å². The van der Waals surface area contributed by atoms with Crippen molar-refractivity contribution < 1.29 is 9.72 Å². The number of hydrogen-bond donors (Lipinski definition) is 1. The van der Waals surface area contributed by atoms with Crippen molar-refractivity contribution in [3.8, 4) is 10.6 Å². The van der Waals surface area contributed by atoms with E-state index in [0.717, 1.165) is 9.75 Å². The van der Waals surface area contributed by atoms with Crippen LogP contribution >= 0.6 is 22.9 Å². The van der Waals surface area contributed by atoms with E-state index >= 15 is 0 Å². The molecule has 0 aliphatic heterocycles. The minimum Gasteiger partial charge on any atom is -0.320 e. The second kappa shape index (κ2) is 7.62. The molecule has 8 heteroatoms. The topological polar surface area (TPSA) is 85.1 Å². The number of carbonyl (C=O) groups excluding carboxylic acids is 1. The van der Waals surface area contributed by atoms with E-state index in [9.17, 15) is 14.9 Å². The number of nitro benzene ring substituents is 1. The molecule has 0 radical (unpaired) electrons. The van der Waals surface area contributed by atoms with Crippen LogP contribution in [0.15, 0.2) is 60.7 Å². The number of halogens is 1. The first-order valence-electron chi connectivity index (χ1n) is 8.64. The van der Waals surface area contributed by atoms with Crippen molar-refractivity contribution in [1.29, 1.82) is 0 Å². The summed E-state index contributed by atoms with van der Waals surface area (Å²) >= 11 is 7.72. The van der Waals surface area contributed by atoms with Gasteiger partial charge in [-0.3, -0.25) is 14.9 Å². The molecule has 1 N–H and O–H groups in total. The highest BCUT2D eigenvalue weighted by atomic mass is 35.5. The summed E-state index contributed by atoms with van der Waals surface area (Å²) in [4.78, 5) is 30.4. The van der Waals surface area contributed by atoms with Gasteiger partial charge in [0.2, 0.25) is 0 Å². The predicted octanol–water partition coefficient (Wildman–Crippen LogP) is 6.09. The summed E-state index contributed by atoms with van der Waals surface area (Å²) < 4.78 is 0. The Balaban J connectivity index is 1.79. The quantitative estimate of drug-likeness (QED) is 0.318. The Hall–Kier alpha value is -3.29. The summed E-state index contributed by atoms with van der Waals surface area (Å²) in [5.74, 6) is -0.416. The number of amides is 1. The SMILES string of the molecule is Cc1ccc(-c2cc(C(=O)Nc3cc([N+](=O)[O-])ccc3Cl)c3ccccc3n2)s1. The fraction of sp³-hybridized carbons (Fsp3) is 0.0476. The molecule has 0 aliphatic carbocycles. The molecule has 4 rings (SSSR count). The van der Waals surface area contributed by atoms with Gasteiger partial charge in [0.15, 0.2) is 0 Å². The van der Waals surface area contributed by atoms with Crippen LogP contribution < -0.4 is 5.32 Å². The van der Waals surface area contributed by atoms with Crippen molar-refractivity contribution in [1.82, 2.24) is 4.98 Å². The number of nitrogens with zero attached hydrogens (tertiary/aromatic N) is 2. The number of fused-ring (bicyclic) bond motifs is 1. The fourth-order valence-electron chi connectivity index (χ4n) is 2.97. The Morgan fingerprint density at radius 1 is 1.14 bits per heavy atom. The van der Waals surface area contributed by atoms with Crippen LogP contribution in [0, 0.1) is 17.0 Å². The van der Waals surface area contributed by atoms with Crippen LogP contribution in [-0.4, -0.2) is 15.8 Å². The average molecular weight is 424 g/mol. The highest BCUT2D eigenvalue weighted by Gasteiger charge is 2.17. The number of hydrogen-bond acceptors (Lipinski definition) is 5. The summed E-state index contributed by atoms with van der Waals surface area (Å²) in [5.41, 5.74) is 1.82. The lowest BCUT2D eigenvalue weighted by Crippen LogP contribution is -2.13. The molecular weight excluding hydrogens is 410 g/mol.